The van der Waals surface area contributed by atoms with Gasteiger partial charge in [-0.25, -0.2) is 23.2 Å². The first-order valence-corrected chi connectivity index (χ1v) is 15.0. The fraction of sp³-hybridized carbons (Fsp3) is 0.400. The second-order valence-corrected chi connectivity index (χ2v) is 11.3. The highest BCUT2D eigenvalue weighted by Crippen LogP contribution is 2.38. The van der Waals surface area contributed by atoms with Gasteiger partial charge in [-0.1, -0.05) is 54.6 Å². The van der Waals surface area contributed by atoms with Crippen LogP contribution in [-0.4, -0.2) is 98.8 Å². The average Bonchev–Trinajstić information content (AvgIpc) is 3.50. The Bertz CT molecular complexity index is 1490. The summed E-state index contributed by atoms with van der Waals surface area (Å²) in [5.74, 6) is -1.95. The summed E-state index contributed by atoms with van der Waals surface area (Å²) in [5.41, 5.74) is -3.22. The molecule has 2 heterocycles. The second-order valence-electron chi connectivity index (χ2n) is 11.3. The van der Waals surface area contributed by atoms with Gasteiger partial charge in [0.15, 0.2) is 36.1 Å². The van der Waals surface area contributed by atoms with Gasteiger partial charge in [0, 0.05) is 14.2 Å². The number of halogens is 2. The molecule has 13 heteroatoms. The van der Waals surface area contributed by atoms with E-state index in [0.29, 0.717) is 11.1 Å². The van der Waals surface area contributed by atoms with E-state index in [0.717, 1.165) is 0 Å². The molecule has 2 aliphatic heterocycles. The van der Waals surface area contributed by atoms with E-state index in [-0.39, 0.29) is 12.2 Å². The molecule has 258 valence electrons. The molecule has 0 saturated carbocycles. The lowest BCUT2D eigenvalue weighted by molar-refractivity contribution is -0.164. The molecule has 0 aromatic heterocycles. The molecule has 5 rings (SSSR count). The van der Waals surface area contributed by atoms with E-state index in [1.807, 2.05) is 0 Å². The zero-order chi connectivity index (χ0) is 34.9. The normalized spacial score (nSPS) is 29.3. The van der Waals surface area contributed by atoms with Crippen LogP contribution in [0.15, 0.2) is 91.0 Å². The minimum atomic E-state index is -2.12. The number of methoxy groups -OCH3 is 2. The molecule has 11 nitrogen and oxygen atoms in total. The summed E-state index contributed by atoms with van der Waals surface area (Å²) in [6.07, 6.45) is -6.96. The molecule has 0 amide bonds. The molecule has 0 bridgehead atoms. The van der Waals surface area contributed by atoms with Crippen molar-refractivity contribution < 1.29 is 61.4 Å². The molecule has 8 atom stereocenters. The van der Waals surface area contributed by atoms with Crippen LogP contribution in [0, 0.1) is 0 Å². The number of hydrogen-bond donors (Lipinski definition) is 1. The Balaban J connectivity index is 0.000000229. The third kappa shape index (κ3) is 8.41. The lowest BCUT2D eigenvalue weighted by Crippen LogP contribution is -2.45. The van der Waals surface area contributed by atoms with Crippen molar-refractivity contribution in [2.75, 3.05) is 27.4 Å². The maximum Gasteiger partial charge on any atom is 0.338 e. The van der Waals surface area contributed by atoms with Crippen molar-refractivity contribution in [1.82, 2.24) is 0 Å². The number of benzene rings is 3. The highest BCUT2D eigenvalue weighted by molar-refractivity contribution is 5.90. The Morgan fingerprint density at radius 1 is 0.646 bits per heavy atom. The average molecular weight is 673 g/mol. The summed E-state index contributed by atoms with van der Waals surface area (Å²) in [4.78, 5) is 36.5. The zero-order valence-corrected chi connectivity index (χ0v) is 26.8. The maximum atomic E-state index is 15.2. The van der Waals surface area contributed by atoms with Crippen molar-refractivity contribution in [3.63, 3.8) is 0 Å². The van der Waals surface area contributed by atoms with Crippen LogP contribution in [0.3, 0.4) is 0 Å². The van der Waals surface area contributed by atoms with Gasteiger partial charge in [-0.2, -0.15) is 0 Å². The molecular weight excluding hydrogens is 634 g/mol. The smallest absolute Gasteiger partial charge is 0.338 e. The Hall–Kier alpha value is -4.27. The van der Waals surface area contributed by atoms with E-state index < -0.39 is 72.8 Å². The van der Waals surface area contributed by atoms with Gasteiger partial charge in [0.2, 0.25) is 0 Å². The predicted octanol–water partition coefficient (Wildman–Crippen LogP) is 4.47. The minimum absolute atomic E-state index is 0.277. The van der Waals surface area contributed by atoms with Gasteiger partial charge in [-0.15, -0.1) is 0 Å². The number of alkyl halides is 2. The predicted molar refractivity (Wildman–Crippen MR) is 165 cm³/mol. The molecule has 2 fully saturated rings. The quantitative estimate of drug-likeness (QED) is 0.241. The first-order valence-electron chi connectivity index (χ1n) is 15.0. The minimum Gasteiger partial charge on any atom is -0.459 e. The van der Waals surface area contributed by atoms with Gasteiger partial charge in [0.25, 0.3) is 0 Å². The molecule has 3 aromatic carbocycles. The highest BCUT2D eigenvalue weighted by atomic mass is 19.1. The van der Waals surface area contributed by atoms with Gasteiger partial charge >= 0.3 is 17.9 Å². The summed E-state index contributed by atoms with van der Waals surface area (Å²) in [6, 6.07) is 24.8. The van der Waals surface area contributed by atoms with Gasteiger partial charge in [0.05, 0.1) is 23.3 Å². The van der Waals surface area contributed by atoms with Gasteiger partial charge < -0.3 is 38.3 Å². The molecule has 48 heavy (non-hydrogen) atoms. The summed E-state index contributed by atoms with van der Waals surface area (Å²) < 4.78 is 66.3. The standard InChI is InChI=1S/C21H21FO6.C14H17FO5/c1-21(22)17(28-19(24)15-11-7-4-8-12-15)16(27-20(21)25-2)13-26-18(23)14-9-5-3-6-10-14;1-14(15)11(10(8-16)19-13(14)18-2)20-12(17)9-6-4-3-5-7-9/h3-12,16-17,20H,13H2,1-2H3;3-7,10-11,13,16H,8H2,1-2H3/t16-,17-,20?,21-;10-,11-,13?,14-/m11/s1. The molecule has 0 radical (unpaired) electrons. The molecule has 2 saturated heterocycles. The van der Waals surface area contributed by atoms with E-state index in [4.69, 9.17) is 33.2 Å². The number of ether oxygens (including phenoxy) is 7. The van der Waals surface area contributed by atoms with Crippen LogP contribution < -0.4 is 0 Å². The molecule has 0 spiro atoms. The van der Waals surface area contributed by atoms with Crippen LogP contribution in [0.5, 0.6) is 0 Å². The van der Waals surface area contributed by atoms with Crippen molar-refractivity contribution in [3.8, 4) is 0 Å². The third-order valence-electron chi connectivity index (χ3n) is 7.79. The summed E-state index contributed by atoms with van der Waals surface area (Å²) >= 11 is 0. The summed E-state index contributed by atoms with van der Waals surface area (Å²) in [5, 5.41) is 9.23. The van der Waals surface area contributed by atoms with E-state index in [2.05, 4.69) is 0 Å². The number of carbonyl (C=O) groups excluding carboxylic acids is 3. The molecule has 0 aliphatic carbocycles. The number of esters is 3. The van der Waals surface area contributed by atoms with Crippen LogP contribution >= 0.6 is 0 Å². The first kappa shape index (κ1) is 36.6. The van der Waals surface area contributed by atoms with Crippen molar-refractivity contribution in [2.45, 2.75) is 62.2 Å². The summed E-state index contributed by atoms with van der Waals surface area (Å²) in [7, 11) is 2.58. The summed E-state index contributed by atoms with van der Waals surface area (Å²) in [6.45, 7) is 1.69. The Kier molecular flexibility index (Phi) is 12.4. The van der Waals surface area contributed by atoms with Gasteiger partial charge in [-0.05, 0) is 50.2 Å². The van der Waals surface area contributed by atoms with Crippen molar-refractivity contribution in [1.29, 1.82) is 0 Å². The van der Waals surface area contributed by atoms with Gasteiger partial charge in [0.1, 0.15) is 18.8 Å². The largest absolute Gasteiger partial charge is 0.459 e. The fourth-order valence-electron chi connectivity index (χ4n) is 5.27. The Labute approximate surface area is 276 Å². The fourth-order valence-corrected chi connectivity index (χ4v) is 5.27. The number of aliphatic hydroxyl groups excluding tert-OH is 1. The maximum absolute atomic E-state index is 15.2. The monoisotopic (exact) mass is 672 g/mol. The number of hydrogen-bond acceptors (Lipinski definition) is 11. The van der Waals surface area contributed by atoms with Crippen molar-refractivity contribution in [2.24, 2.45) is 0 Å². The lowest BCUT2D eigenvalue weighted by Gasteiger charge is -2.26. The Morgan fingerprint density at radius 3 is 1.38 bits per heavy atom. The van der Waals surface area contributed by atoms with E-state index in [1.54, 1.807) is 91.0 Å². The number of aliphatic hydroxyl groups is 1. The van der Waals surface area contributed by atoms with Crippen LogP contribution in [0.25, 0.3) is 0 Å². The zero-order valence-electron chi connectivity index (χ0n) is 26.8. The van der Waals surface area contributed by atoms with Crippen molar-refractivity contribution >= 4 is 17.9 Å². The molecule has 1 N–H and O–H groups in total. The molecule has 3 aromatic rings. The van der Waals surface area contributed by atoms with Crippen LogP contribution in [0.2, 0.25) is 0 Å². The number of rotatable bonds is 10. The molecular formula is C35H38F2O11. The first-order chi connectivity index (χ1) is 22.9. The van der Waals surface area contributed by atoms with Crippen molar-refractivity contribution in [3.05, 3.63) is 108 Å². The van der Waals surface area contributed by atoms with E-state index >= 15 is 4.39 Å². The molecule has 2 aliphatic rings. The third-order valence-corrected chi connectivity index (χ3v) is 7.79. The van der Waals surface area contributed by atoms with Gasteiger partial charge in [-0.3, -0.25) is 0 Å². The highest BCUT2D eigenvalue weighted by Gasteiger charge is 2.58. The van der Waals surface area contributed by atoms with Crippen LogP contribution in [0.4, 0.5) is 8.78 Å². The lowest BCUT2D eigenvalue weighted by atomic mass is 9.99. The second kappa shape index (κ2) is 16.2. The van der Waals surface area contributed by atoms with Crippen LogP contribution in [0.1, 0.15) is 44.9 Å². The topological polar surface area (TPSA) is 136 Å². The molecule has 2 unspecified atom stereocenters. The van der Waals surface area contributed by atoms with E-state index in [1.165, 1.54) is 28.1 Å². The van der Waals surface area contributed by atoms with E-state index in [9.17, 15) is 23.9 Å². The Morgan fingerprint density at radius 2 is 1.00 bits per heavy atom. The SMILES string of the molecule is COC1O[C@H](CO)[C@@H](OC(=O)c2ccccc2)[C@@]1(C)F.COC1O[C@H](COC(=O)c2ccccc2)[C@@H](OC(=O)c2ccccc2)[C@@]1(C)F. The van der Waals surface area contributed by atoms with Crippen LogP contribution in [-0.2, 0) is 33.2 Å². The number of carbonyl (C=O) groups is 3.